The molecule has 1 atom stereocenters. The number of nitrogens with two attached hydrogens (primary N) is 1. The highest BCUT2D eigenvalue weighted by atomic mass is 16.5. The lowest BCUT2D eigenvalue weighted by atomic mass is 10.2. The molecule has 1 aromatic rings. The van der Waals surface area contributed by atoms with Gasteiger partial charge in [-0.2, -0.15) is 0 Å². The average Bonchev–Trinajstić information content (AvgIpc) is 2.91. The van der Waals surface area contributed by atoms with Gasteiger partial charge in [0.2, 0.25) is 0 Å². The summed E-state index contributed by atoms with van der Waals surface area (Å²) in [5, 5.41) is 10.0. The van der Waals surface area contributed by atoms with Crippen LogP contribution < -0.4 is 10.5 Å². The predicted octanol–water partition coefficient (Wildman–Crippen LogP) is 1.88. The molecule has 0 spiro atoms. The molecule has 4 heteroatoms. The van der Waals surface area contributed by atoms with Crippen LogP contribution in [0.2, 0.25) is 0 Å². The first-order chi connectivity index (χ1) is 9.16. The van der Waals surface area contributed by atoms with Crippen LogP contribution in [0.1, 0.15) is 25.7 Å². The second-order valence-corrected chi connectivity index (χ2v) is 5.38. The maximum absolute atomic E-state index is 10.0. The highest BCUT2D eigenvalue weighted by molar-refractivity contribution is 5.51. The summed E-state index contributed by atoms with van der Waals surface area (Å²) in [7, 11) is 2.08. The van der Waals surface area contributed by atoms with Crippen molar-refractivity contribution >= 4 is 5.69 Å². The Balaban J connectivity index is 1.75. The van der Waals surface area contributed by atoms with E-state index in [0.29, 0.717) is 24.0 Å². The number of likely N-dealkylation sites (N-methyl/N-ethyl adjacent to an activating group) is 1. The van der Waals surface area contributed by atoms with E-state index in [1.165, 1.54) is 25.7 Å². The Hall–Kier alpha value is -1.26. The molecule has 1 fully saturated rings. The Morgan fingerprint density at radius 2 is 2.05 bits per heavy atom. The first-order valence-electron chi connectivity index (χ1n) is 7.02. The molecule has 1 aliphatic rings. The zero-order valence-electron chi connectivity index (χ0n) is 11.6. The van der Waals surface area contributed by atoms with Crippen LogP contribution in [0.5, 0.6) is 5.75 Å². The highest BCUT2D eigenvalue weighted by Crippen LogP contribution is 2.23. The number of para-hydroxylation sites is 2. The summed E-state index contributed by atoms with van der Waals surface area (Å²) in [6.45, 7) is 0.933. The SMILES string of the molecule is CN(CC(O)COc1ccccc1N)C1CCCC1. The number of hydrogen-bond acceptors (Lipinski definition) is 4. The van der Waals surface area contributed by atoms with Gasteiger partial charge in [-0.3, -0.25) is 0 Å². The van der Waals surface area contributed by atoms with E-state index in [2.05, 4.69) is 11.9 Å². The van der Waals surface area contributed by atoms with Gasteiger partial charge in [0.1, 0.15) is 18.5 Å². The van der Waals surface area contributed by atoms with Crippen molar-refractivity contribution in [1.29, 1.82) is 0 Å². The quantitative estimate of drug-likeness (QED) is 0.770. The maximum atomic E-state index is 10.0. The number of anilines is 1. The fraction of sp³-hybridized carbons (Fsp3) is 0.600. The van der Waals surface area contributed by atoms with Crippen LogP contribution in [0, 0.1) is 0 Å². The van der Waals surface area contributed by atoms with Gasteiger partial charge < -0.3 is 20.5 Å². The molecule has 0 aromatic heterocycles. The Morgan fingerprint density at radius 1 is 1.37 bits per heavy atom. The number of nitrogen functional groups attached to an aromatic ring is 1. The topological polar surface area (TPSA) is 58.7 Å². The molecule has 0 bridgehead atoms. The third kappa shape index (κ3) is 4.11. The van der Waals surface area contributed by atoms with E-state index in [0.717, 1.165) is 0 Å². The molecule has 1 saturated carbocycles. The van der Waals surface area contributed by atoms with Crippen LogP contribution >= 0.6 is 0 Å². The van der Waals surface area contributed by atoms with E-state index in [4.69, 9.17) is 10.5 Å². The van der Waals surface area contributed by atoms with Crippen LogP contribution in [-0.2, 0) is 0 Å². The third-order valence-corrected chi connectivity index (χ3v) is 3.80. The molecule has 19 heavy (non-hydrogen) atoms. The minimum atomic E-state index is -0.481. The van der Waals surface area contributed by atoms with Crippen molar-refractivity contribution in [1.82, 2.24) is 4.90 Å². The lowest BCUT2D eigenvalue weighted by molar-refractivity contribution is 0.0641. The van der Waals surface area contributed by atoms with Gasteiger partial charge >= 0.3 is 0 Å². The van der Waals surface area contributed by atoms with Crippen molar-refractivity contribution in [2.24, 2.45) is 0 Å². The number of hydrogen-bond donors (Lipinski definition) is 2. The van der Waals surface area contributed by atoms with Gasteiger partial charge in [-0.1, -0.05) is 25.0 Å². The summed E-state index contributed by atoms with van der Waals surface area (Å²) in [5.41, 5.74) is 6.40. The fourth-order valence-corrected chi connectivity index (χ4v) is 2.68. The number of nitrogens with zero attached hydrogens (tertiary/aromatic N) is 1. The largest absolute Gasteiger partial charge is 0.489 e. The standard InChI is InChI=1S/C15H24N2O2/c1-17(12-6-2-3-7-12)10-13(18)11-19-15-9-5-4-8-14(15)16/h4-5,8-9,12-13,18H,2-3,6-7,10-11,16H2,1H3. The van der Waals surface area contributed by atoms with Crippen molar-refractivity contribution in [3.05, 3.63) is 24.3 Å². The van der Waals surface area contributed by atoms with Crippen molar-refractivity contribution in [3.8, 4) is 5.75 Å². The van der Waals surface area contributed by atoms with Gasteiger partial charge in [-0.05, 0) is 32.0 Å². The average molecular weight is 264 g/mol. The summed E-state index contributed by atoms with van der Waals surface area (Å²) in [5.74, 6) is 0.644. The van der Waals surface area contributed by atoms with Gasteiger partial charge in [0.15, 0.2) is 0 Å². The molecule has 0 saturated heterocycles. The normalized spacial score (nSPS) is 17.8. The number of rotatable bonds is 6. The Labute approximate surface area is 115 Å². The predicted molar refractivity (Wildman–Crippen MR) is 77.2 cm³/mol. The van der Waals surface area contributed by atoms with Gasteiger partial charge in [-0.15, -0.1) is 0 Å². The summed E-state index contributed by atoms with van der Waals surface area (Å²) < 4.78 is 5.56. The minimum absolute atomic E-state index is 0.283. The molecule has 0 radical (unpaired) electrons. The van der Waals surface area contributed by atoms with E-state index < -0.39 is 6.10 Å². The third-order valence-electron chi connectivity index (χ3n) is 3.80. The van der Waals surface area contributed by atoms with Crippen LogP contribution in [-0.4, -0.2) is 42.4 Å². The first-order valence-corrected chi connectivity index (χ1v) is 7.02. The smallest absolute Gasteiger partial charge is 0.142 e. The minimum Gasteiger partial charge on any atom is -0.489 e. The molecule has 0 amide bonds. The number of aliphatic hydroxyl groups excluding tert-OH is 1. The summed E-state index contributed by atoms with van der Waals surface area (Å²) >= 11 is 0. The molecular formula is C15H24N2O2. The van der Waals surface area contributed by atoms with Crippen LogP contribution in [0.15, 0.2) is 24.3 Å². The molecule has 0 aliphatic heterocycles. The van der Waals surface area contributed by atoms with Crippen LogP contribution in [0.25, 0.3) is 0 Å². The van der Waals surface area contributed by atoms with E-state index >= 15 is 0 Å². The van der Waals surface area contributed by atoms with Gasteiger partial charge in [0.25, 0.3) is 0 Å². The number of aliphatic hydroxyl groups is 1. The highest BCUT2D eigenvalue weighted by Gasteiger charge is 2.21. The monoisotopic (exact) mass is 264 g/mol. The Kier molecular flexibility index (Phi) is 5.05. The molecule has 2 rings (SSSR count). The second-order valence-electron chi connectivity index (χ2n) is 5.38. The molecule has 106 valence electrons. The van der Waals surface area contributed by atoms with Gasteiger partial charge in [-0.25, -0.2) is 0 Å². The van der Waals surface area contributed by atoms with Gasteiger partial charge in [0.05, 0.1) is 5.69 Å². The zero-order chi connectivity index (χ0) is 13.7. The van der Waals surface area contributed by atoms with Crippen molar-refractivity contribution < 1.29 is 9.84 Å². The molecule has 0 heterocycles. The van der Waals surface area contributed by atoms with E-state index in [9.17, 15) is 5.11 Å². The molecule has 1 aliphatic carbocycles. The van der Waals surface area contributed by atoms with E-state index in [1.54, 1.807) is 6.07 Å². The maximum Gasteiger partial charge on any atom is 0.142 e. The lowest BCUT2D eigenvalue weighted by Gasteiger charge is -2.26. The number of ether oxygens (including phenoxy) is 1. The molecular weight excluding hydrogens is 240 g/mol. The fourth-order valence-electron chi connectivity index (χ4n) is 2.68. The molecule has 4 nitrogen and oxygen atoms in total. The van der Waals surface area contributed by atoms with Gasteiger partial charge in [0, 0.05) is 12.6 Å². The van der Waals surface area contributed by atoms with Crippen molar-refractivity contribution in [2.75, 3.05) is 25.9 Å². The zero-order valence-corrected chi connectivity index (χ0v) is 11.6. The van der Waals surface area contributed by atoms with Crippen molar-refractivity contribution in [2.45, 2.75) is 37.8 Å². The summed E-state index contributed by atoms with van der Waals surface area (Å²) in [6.07, 6.45) is 4.63. The second kappa shape index (κ2) is 6.78. The van der Waals surface area contributed by atoms with Crippen LogP contribution in [0.4, 0.5) is 5.69 Å². The first kappa shape index (κ1) is 14.2. The van der Waals surface area contributed by atoms with E-state index in [-0.39, 0.29) is 6.61 Å². The van der Waals surface area contributed by atoms with Crippen molar-refractivity contribution in [3.63, 3.8) is 0 Å². The molecule has 1 unspecified atom stereocenters. The summed E-state index contributed by atoms with van der Waals surface area (Å²) in [6, 6.07) is 7.99. The Bertz CT molecular complexity index is 391. The molecule has 3 N–H and O–H groups in total. The van der Waals surface area contributed by atoms with E-state index in [1.807, 2.05) is 18.2 Å². The van der Waals surface area contributed by atoms with Crippen LogP contribution in [0.3, 0.4) is 0 Å². The Morgan fingerprint density at radius 3 is 2.74 bits per heavy atom. The lowest BCUT2D eigenvalue weighted by Crippen LogP contribution is -2.38. The molecule has 1 aromatic carbocycles. The summed E-state index contributed by atoms with van der Waals surface area (Å²) in [4.78, 5) is 2.25. The number of benzene rings is 1.